The van der Waals surface area contributed by atoms with Gasteiger partial charge in [0.05, 0.1) is 0 Å². The Labute approximate surface area is 121 Å². The lowest BCUT2D eigenvalue weighted by atomic mass is 10.2. The third-order valence-corrected chi connectivity index (χ3v) is 5.68. The van der Waals surface area contributed by atoms with Gasteiger partial charge in [-0.15, -0.1) is 11.3 Å². The molecular weight excluding hydrogens is 310 g/mol. The van der Waals surface area contributed by atoms with Gasteiger partial charge >= 0.3 is 5.97 Å². The Morgan fingerprint density at radius 3 is 2.53 bits per heavy atom. The van der Waals surface area contributed by atoms with Crippen LogP contribution in [0.2, 0.25) is 0 Å². The van der Waals surface area contributed by atoms with Crippen LogP contribution < -0.4 is 4.72 Å². The Morgan fingerprint density at radius 2 is 2.16 bits per heavy atom. The van der Waals surface area contributed by atoms with Gasteiger partial charge in [0.2, 0.25) is 0 Å². The summed E-state index contributed by atoms with van der Waals surface area (Å²) < 4.78 is 26.3. The molecule has 0 saturated heterocycles. The molecule has 0 saturated carbocycles. The summed E-state index contributed by atoms with van der Waals surface area (Å²) in [6.45, 7) is 6.96. The summed E-state index contributed by atoms with van der Waals surface area (Å²) in [5, 5.41) is 9.05. The maximum atomic E-state index is 12.1. The van der Waals surface area contributed by atoms with E-state index in [-0.39, 0.29) is 15.7 Å². The van der Waals surface area contributed by atoms with E-state index in [4.69, 9.17) is 16.7 Å². The number of hydrogen-bond donors (Lipinski definition) is 2. The number of thiophene rings is 1. The normalized spacial score (nSPS) is 13.2. The molecule has 0 spiro atoms. The second kappa shape index (κ2) is 6.04. The number of hydrogen-bond acceptors (Lipinski definition) is 4. The van der Waals surface area contributed by atoms with Gasteiger partial charge < -0.3 is 5.11 Å². The van der Waals surface area contributed by atoms with Crippen LogP contribution in [0.1, 0.15) is 16.9 Å². The third kappa shape index (κ3) is 4.31. The summed E-state index contributed by atoms with van der Waals surface area (Å²) in [5.41, 5.74) is 0.846. The predicted octanol–water partition coefficient (Wildman–Crippen LogP) is 2.24. The van der Waals surface area contributed by atoms with Crippen molar-refractivity contribution in [3.05, 3.63) is 28.1 Å². The average molecular weight is 324 g/mol. The first-order valence-corrected chi connectivity index (χ1v) is 7.96. The lowest BCUT2D eigenvalue weighted by Gasteiger charge is -2.13. The van der Waals surface area contributed by atoms with Crippen molar-refractivity contribution < 1.29 is 18.3 Å². The molecule has 8 heteroatoms. The van der Waals surface area contributed by atoms with E-state index in [0.29, 0.717) is 0 Å². The summed E-state index contributed by atoms with van der Waals surface area (Å²) in [4.78, 5) is 11.9. The Balaban J connectivity index is 3.00. The van der Waals surface area contributed by atoms with Crippen LogP contribution in [0.15, 0.2) is 21.9 Å². The molecule has 1 aromatic heterocycles. The van der Waals surface area contributed by atoms with Crippen LogP contribution >= 0.6 is 22.9 Å². The van der Waals surface area contributed by atoms with Crippen molar-refractivity contribution in [1.82, 2.24) is 4.72 Å². The Morgan fingerprint density at radius 1 is 1.58 bits per heavy atom. The van der Waals surface area contributed by atoms with Gasteiger partial charge in [0.25, 0.3) is 10.0 Å². The van der Waals surface area contributed by atoms with Crippen LogP contribution in [0.3, 0.4) is 0 Å². The van der Waals surface area contributed by atoms with Crippen molar-refractivity contribution in [2.75, 3.05) is 0 Å². The van der Waals surface area contributed by atoms with Crippen LogP contribution in [0, 0.1) is 13.8 Å². The molecule has 2 N–H and O–H groups in total. The molecule has 0 aromatic carbocycles. The quantitative estimate of drug-likeness (QED) is 0.841. The van der Waals surface area contributed by atoms with Gasteiger partial charge in [-0.3, -0.25) is 4.79 Å². The highest BCUT2D eigenvalue weighted by atomic mass is 35.5. The predicted molar refractivity (Wildman–Crippen MR) is 75.1 cm³/mol. The van der Waals surface area contributed by atoms with Gasteiger partial charge in [-0.1, -0.05) is 18.2 Å². The summed E-state index contributed by atoms with van der Waals surface area (Å²) >= 11 is 6.63. The van der Waals surface area contributed by atoms with Gasteiger partial charge in [0.15, 0.2) is 0 Å². The average Bonchev–Trinajstić information content (AvgIpc) is 2.58. The minimum absolute atomic E-state index is 0.0774. The number of carboxylic acid groups (broad SMARTS) is 1. The van der Waals surface area contributed by atoms with Crippen LogP contribution in [-0.4, -0.2) is 25.5 Å². The molecule has 0 fully saturated rings. The molecule has 0 bridgehead atoms. The molecule has 1 atom stereocenters. The molecule has 19 heavy (non-hydrogen) atoms. The monoisotopic (exact) mass is 323 g/mol. The number of aliphatic carboxylic acids is 1. The van der Waals surface area contributed by atoms with Crippen molar-refractivity contribution in [2.24, 2.45) is 0 Å². The maximum absolute atomic E-state index is 12.1. The Kier molecular flexibility index (Phi) is 5.14. The molecule has 1 aromatic rings. The van der Waals surface area contributed by atoms with Gasteiger partial charge in [0.1, 0.15) is 10.3 Å². The van der Waals surface area contributed by atoms with E-state index >= 15 is 0 Å². The summed E-state index contributed by atoms with van der Waals surface area (Å²) in [6, 6.07) is 0.189. The number of nitrogens with one attached hydrogen (secondary N) is 1. The molecule has 5 nitrogen and oxygen atoms in total. The smallest absolute Gasteiger partial charge is 0.322 e. The van der Waals surface area contributed by atoms with Crippen LogP contribution in [0.4, 0.5) is 0 Å². The zero-order valence-electron chi connectivity index (χ0n) is 10.4. The number of aryl methyl sites for hydroxylation is 2. The summed E-state index contributed by atoms with van der Waals surface area (Å²) in [5.74, 6) is -1.30. The second-order valence-corrected chi connectivity index (χ2v) is 7.77. The molecule has 1 heterocycles. The first kappa shape index (κ1) is 16.2. The van der Waals surface area contributed by atoms with Crippen molar-refractivity contribution in [3.8, 4) is 0 Å². The number of rotatable bonds is 6. The number of carbonyl (C=O) groups is 1. The molecule has 0 aliphatic carbocycles. The molecule has 0 aliphatic rings. The van der Waals surface area contributed by atoms with E-state index in [1.54, 1.807) is 13.8 Å². The fraction of sp³-hybridized carbons (Fsp3) is 0.364. The lowest BCUT2D eigenvalue weighted by molar-refractivity contribution is -0.138. The molecular formula is C11H14ClNO4S2. The fourth-order valence-electron chi connectivity index (χ4n) is 1.32. The fourth-order valence-corrected chi connectivity index (χ4v) is 4.19. The minimum atomic E-state index is -3.86. The van der Waals surface area contributed by atoms with Crippen molar-refractivity contribution in [2.45, 2.75) is 30.5 Å². The van der Waals surface area contributed by atoms with Gasteiger partial charge in [-0.25, -0.2) is 8.42 Å². The van der Waals surface area contributed by atoms with E-state index in [0.717, 1.165) is 21.8 Å². The summed E-state index contributed by atoms with van der Waals surface area (Å²) in [6.07, 6.45) is -0.167. The number of sulfonamides is 1. The zero-order valence-corrected chi connectivity index (χ0v) is 12.8. The minimum Gasteiger partial charge on any atom is -0.480 e. The third-order valence-electron chi connectivity index (χ3n) is 2.43. The van der Waals surface area contributed by atoms with Crippen molar-refractivity contribution in [3.63, 3.8) is 0 Å². The van der Waals surface area contributed by atoms with E-state index in [2.05, 4.69) is 11.3 Å². The standard InChI is InChI=1S/C11H14ClNO4S2/c1-6-4-10(18-8(6)3)19(16,17)13-9(11(14)15)5-7(2)12/h4,9,13H,2,5H2,1,3H3,(H,14,15). The maximum Gasteiger partial charge on any atom is 0.322 e. The zero-order chi connectivity index (χ0) is 14.8. The highest BCUT2D eigenvalue weighted by Crippen LogP contribution is 2.25. The molecule has 1 unspecified atom stereocenters. The highest BCUT2D eigenvalue weighted by Gasteiger charge is 2.27. The molecule has 106 valence electrons. The van der Waals surface area contributed by atoms with Crippen molar-refractivity contribution >= 4 is 38.9 Å². The molecule has 0 amide bonds. The van der Waals surface area contributed by atoms with E-state index in [1.165, 1.54) is 6.07 Å². The summed E-state index contributed by atoms with van der Waals surface area (Å²) in [7, 11) is -3.86. The van der Waals surface area contributed by atoms with Gasteiger partial charge in [0, 0.05) is 16.3 Å². The second-order valence-electron chi connectivity index (χ2n) is 4.04. The van der Waals surface area contributed by atoms with Crippen LogP contribution in [-0.2, 0) is 14.8 Å². The van der Waals surface area contributed by atoms with Gasteiger partial charge in [-0.05, 0) is 25.5 Å². The lowest BCUT2D eigenvalue weighted by Crippen LogP contribution is -2.40. The first-order valence-electron chi connectivity index (χ1n) is 5.29. The van der Waals surface area contributed by atoms with E-state index in [9.17, 15) is 13.2 Å². The molecule has 0 radical (unpaired) electrons. The highest BCUT2D eigenvalue weighted by molar-refractivity contribution is 7.91. The van der Waals surface area contributed by atoms with E-state index < -0.39 is 22.0 Å². The molecule has 0 aliphatic heterocycles. The number of carboxylic acids is 1. The Bertz CT molecular complexity index is 587. The largest absolute Gasteiger partial charge is 0.480 e. The first-order chi connectivity index (χ1) is 8.63. The van der Waals surface area contributed by atoms with Crippen LogP contribution in [0.5, 0.6) is 0 Å². The van der Waals surface area contributed by atoms with Crippen LogP contribution in [0.25, 0.3) is 0 Å². The van der Waals surface area contributed by atoms with Gasteiger partial charge in [-0.2, -0.15) is 4.72 Å². The topological polar surface area (TPSA) is 83.5 Å². The molecule has 1 rings (SSSR count). The van der Waals surface area contributed by atoms with E-state index in [1.807, 2.05) is 0 Å². The Hall–Kier alpha value is -0.890. The van der Waals surface area contributed by atoms with Crippen molar-refractivity contribution in [1.29, 1.82) is 0 Å². The SMILES string of the molecule is C=C(Cl)CC(NS(=O)(=O)c1cc(C)c(C)s1)C(=O)O. The number of halogens is 1.